The maximum atomic E-state index is 8.36. The Morgan fingerprint density at radius 2 is 1.65 bits per heavy atom. The van der Waals surface area contributed by atoms with E-state index in [0.29, 0.717) is 5.92 Å². The van der Waals surface area contributed by atoms with E-state index in [4.69, 9.17) is 5.41 Å². The Bertz CT molecular complexity index is 1950. The zero-order valence-corrected chi connectivity index (χ0v) is 31.3. The molecule has 2 unspecified atom stereocenters. The first kappa shape index (κ1) is 36.4. The number of hydrogen-bond acceptors (Lipinski definition) is 2. The summed E-state index contributed by atoms with van der Waals surface area (Å²) in [4.78, 5) is 0. The fourth-order valence-corrected chi connectivity index (χ4v) is 8.52. The molecular weight excluding hydrogens is 617 g/mol. The molecule has 264 valence electrons. The van der Waals surface area contributed by atoms with E-state index in [1.54, 1.807) is 11.8 Å². The van der Waals surface area contributed by atoms with E-state index >= 15 is 0 Å². The van der Waals surface area contributed by atoms with Crippen molar-refractivity contribution in [3.63, 3.8) is 0 Å². The molecule has 1 fully saturated rings. The molecule has 0 saturated heterocycles. The van der Waals surface area contributed by atoms with Crippen LogP contribution >= 0.6 is 0 Å². The highest BCUT2D eigenvalue weighted by Gasteiger charge is 2.25. The van der Waals surface area contributed by atoms with Crippen LogP contribution < -0.4 is 15.8 Å². The van der Waals surface area contributed by atoms with Gasteiger partial charge in [0.25, 0.3) is 0 Å². The van der Waals surface area contributed by atoms with Crippen molar-refractivity contribution < 1.29 is 0 Å². The second-order valence-electron chi connectivity index (χ2n) is 14.7. The molecule has 0 heterocycles. The van der Waals surface area contributed by atoms with Gasteiger partial charge in [-0.25, -0.2) is 0 Å². The van der Waals surface area contributed by atoms with Gasteiger partial charge in [0.2, 0.25) is 0 Å². The molecule has 0 spiro atoms. The largest absolute Gasteiger partial charge is 0.381 e. The molecular formula is C49H58N2. The third-order valence-corrected chi connectivity index (χ3v) is 11.5. The first-order chi connectivity index (χ1) is 25.1. The van der Waals surface area contributed by atoms with Crippen LogP contribution in [0.15, 0.2) is 137 Å². The molecule has 2 heteroatoms. The van der Waals surface area contributed by atoms with Crippen molar-refractivity contribution in [1.29, 1.82) is 5.41 Å². The van der Waals surface area contributed by atoms with Crippen LogP contribution in [0.1, 0.15) is 115 Å². The first-order valence-electron chi connectivity index (χ1n) is 19.8. The molecule has 2 aromatic carbocycles. The summed E-state index contributed by atoms with van der Waals surface area (Å²) in [7, 11) is 0. The minimum Gasteiger partial charge on any atom is -0.381 e. The predicted molar refractivity (Wildman–Crippen MR) is 221 cm³/mol. The van der Waals surface area contributed by atoms with Gasteiger partial charge in [-0.15, -0.1) is 0 Å². The summed E-state index contributed by atoms with van der Waals surface area (Å²) in [6.07, 6.45) is 38.7. The van der Waals surface area contributed by atoms with E-state index in [1.165, 1.54) is 100 Å². The molecule has 4 aliphatic rings. The van der Waals surface area contributed by atoms with E-state index in [0.717, 1.165) is 50.1 Å². The van der Waals surface area contributed by atoms with Crippen LogP contribution in [-0.4, -0.2) is 12.8 Å². The van der Waals surface area contributed by atoms with Crippen molar-refractivity contribution in [3.05, 3.63) is 158 Å². The molecule has 0 aromatic heterocycles. The summed E-state index contributed by atoms with van der Waals surface area (Å²) in [5.74, 6) is 1.08. The van der Waals surface area contributed by atoms with Gasteiger partial charge in [0.1, 0.15) is 0 Å². The third-order valence-electron chi connectivity index (χ3n) is 11.5. The van der Waals surface area contributed by atoms with Gasteiger partial charge in [0.15, 0.2) is 0 Å². The van der Waals surface area contributed by atoms with Gasteiger partial charge in [-0.1, -0.05) is 142 Å². The fourth-order valence-electron chi connectivity index (χ4n) is 8.52. The number of nitrogens with one attached hydrogen (secondary N) is 2. The van der Waals surface area contributed by atoms with Gasteiger partial charge < -0.3 is 10.7 Å². The number of unbranched alkanes of at least 4 members (excludes halogenated alkanes) is 2. The van der Waals surface area contributed by atoms with Crippen molar-refractivity contribution in [1.82, 2.24) is 5.32 Å². The van der Waals surface area contributed by atoms with Crippen molar-refractivity contribution >= 4 is 23.4 Å². The topological polar surface area (TPSA) is 35.9 Å². The van der Waals surface area contributed by atoms with E-state index in [-0.39, 0.29) is 0 Å². The van der Waals surface area contributed by atoms with E-state index in [1.807, 2.05) is 0 Å². The summed E-state index contributed by atoms with van der Waals surface area (Å²) < 4.78 is 0. The molecule has 51 heavy (non-hydrogen) atoms. The van der Waals surface area contributed by atoms with Crippen LogP contribution in [-0.2, 0) is 0 Å². The Balaban J connectivity index is 1.34. The monoisotopic (exact) mass is 674 g/mol. The molecule has 0 bridgehead atoms. The van der Waals surface area contributed by atoms with Crippen LogP contribution in [0.5, 0.6) is 0 Å². The molecule has 0 amide bonds. The average molecular weight is 675 g/mol. The summed E-state index contributed by atoms with van der Waals surface area (Å²) in [5, 5.41) is 14.9. The standard InChI is InChI=1S/C49H58N2/c1-4-6-7-17-37(5-2)18-14-23-40(34-50)45-33-32-42(47-26-12-13-27-48(45)47)36(3)30-31-41(44-28-15-21-38-19-8-10-24-43(38)44)35-51-49-29-16-22-39-20-9-11-25-46(39)49/h8,10,12-19,21,23-24,26-27,29-31,34,39,44,50-51H,4-7,9,11,20,22,25,28,32-33,35H2,1-3H3/b18-14+,36-30+,37-17+,40-23+,41-31+,50-34?. The lowest BCUT2D eigenvalue weighted by molar-refractivity contribution is 0.444. The predicted octanol–water partition coefficient (Wildman–Crippen LogP) is 11.5. The minimum atomic E-state index is 0.356. The number of benzene rings is 2. The quantitative estimate of drug-likeness (QED) is 0.117. The second kappa shape index (κ2) is 18.2. The summed E-state index contributed by atoms with van der Waals surface area (Å²) in [5.41, 5.74) is 13.6. The van der Waals surface area contributed by atoms with Gasteiger partial charge in [0.05, 0.1) is 0 Å². The normalized spacial score (nSPS) is 21.2. The Hall–Kier alpha value is -4.43. The lowest BCUT2D eigenvalue weighted by Gasteiger charge is -2.31. The second-order valence-corrected chi connectivity index (χ2v) is 14.7. The van der Waals surface area contributed by atoms with Crippen LogP contribution in [0, 0.1) is 11.3 Å². The molecule has 2 atom stereocenters. The van der Waals surface area contributed by atoms with E-state index < -0.39 is 0 Å². The van der Waals surface area contributed by atoms with Crippen LogP contribution in [0.3, 0.4) is 0 Å². The van der Waals surface area contributed by atoms with Gasteiger partial charge in [-0.05, 0) is 132 Å². The summed E-state index contributed by atoms with van der Waals surface area (Å²) >= 11 is 0. The smallest absolute Gasteiger partial charge is 0.0369 e. The minimum absolute atomic E-state index is 0.356. The highest BCUT2D eigenvalue weighted by Crippen LogP contribution is 2.38. The van der Waals surface area contributed by atoms with Crippen LogP contribution in [0.25, 0.3) is 17.2 Å². The molecule has 2 aromatic rings. The van der Waals surface area contributed by atoms with Crippen molar-refractivity contribution in [2.75, 3.05) is 6.54 Å². The zero-order chi connectivity index (χ0) is 35.4. The van der Waals surface area contributed by atoms with Gasteiger partial charge >= 0.3 is 0 Å². The zero-order valence-electron chi connectivity index (χ0n) is 31.3. The van der Waals surface area contributed by atoms with Gasteiger partial charge in [0, 0.05) is 24.4 Å². The highest BCUT2D eigenvalue weighted by molar-refractivity contribution is 5.95. The molecule has 2 nitrogen and oxygen atoms in total. The number of hydrogen-bond donors (Lipinski definition) is 2. The summed E-state index contributed by atoms with van der Waals surface area (Å²) in [6, 6.07) is 17.8. The third kappa shape index (κ3) is 8.90. The number of rotatable bonds is 14. The van der Waals surface area contributed by atoms with Gasteiger partial charge in [-0.2, -0.15) is 0 Å². The Morgan fingerprint density at radius 3 is 2.47 bits per heavy atom. The fraction of sp³-hybridized carbons (Fsp3) is 0.367. The molecule has 0 aliphatic heterocycles. The molecule has 1 saturated carbocycles. The maximum Gasteiger partial charge on any atom is 0.0369 e. The SMILES string of the molecule is CCCC/C=C(/C=C/C=C(\C=N)C1=c2ccccc2=C(/C(C)=C/C=C(\CNC2=C3CCCCC3CC=C2)C2CC=Cc3ccccc32)CC1)CC. The lowest BCUT2D eigenvalue weighted by atomic mass is 9.78. The molecule has 4 aliphatic carbocycles. The van der Waals surface area contributed by atoms with Crippen LogP contribution in [0.2, 0.25) is 0 Å². The van der Waals surface area contributed by atoms with Crippen molar-refractivity contribution in [2.45, 2.75) is 104 Å². The van der Waals surface area contributed by atoms with E-state index in [2.05, 4.69) is 135 Å². The molecule has 0 radical (unpaired) electrons. The Kier molecular flexibility index (Phi) is 13.0. The summed E-state index contributed by atoms with van der Waals surface area (Å²) in [6.45, 7) is 7.61. The van der Waals surface area contributed by atoms with Gasteiger partial charge in [-0.3, -0.25) is 0 Å². The lowest BCUT2D eigenvalue weighted by Crippen LogP contribution is -2.33. The number of fused-ring (bicyclic) bond motifs is 3. The average Bonchev–Trinajstić information content (AvgIpc) is 3.18. The Morgan fingerprint density at radius 1 is 0.863 bits per heavy atom. The Labute approximate surface area is 307 Å². The highest BCUT2D eigenvalue weighted by atomic mass is 14.9. The van der Waals surface area contributed by atoms with Crippen LogP contribution in [0.4, 0.5) is 0 Å². The molecule has 6 rings (SSSR count). The van der Waals surface area contributed by atoms with E-state index in [9.17, 15) is 0 Å². The number of allylic oxidation sites excluding steroid dienone is 13. The first-order valence-corrected chi connectivity index (χ1v) is 19.8. The molecule has 2 N–H and O–H groups in total. The van der Waals surface area contributed by atoms with Crippen molar-refractivity contribution in [3.8, 4) is 0 Å². The van der Waals surface area contributed by atoms with Crippen molar-refractivity contribution in [2.24, 2.45) is 5.92 Å². The maximum absolute atomic E-state index is 8.36.